The van der Waals surface area contributed by atoms with Crippen LogP contribution in [0.15, 0.2) is 48.5 Å². The van der Waals surface area contributed by atoms with Gasteiger partial charge in [-0.15, -0.1) is 23.5 Å². The number of amides is 7. The van der Waals surface area contributed by atoms with Crippen LogP contribution in [0.2, 0.25) is 0 Å². The molecule has 2 aromatic rings. The third-order valence-electron chi connectivity index (χ3n) is 14.6. The fraction of sp³-hybridized carbons (Fsp3) is 0.649. The number of ether oxygens (including phenoxy) is 1. The van der Waals surface area contributed by atoms with Gasteiger partial charge in [0.2, 0.25) is 41.7 Å². The van der Waals surface area contributed by atoms with E-state index >= 15 is 0 Å². The maximum absolute atomic E-state index is 13.7. The highest BCUT2D eigenvalue weighted by Crippen LogP contribution is 2.39. The second kappa shape index (κ2) is 29.8. The van der Waals surface area contributed by atoms with Gasteiger partial charge < -0.3 is 35.8 Å². The highest BCUT2D eigenvalue weighted by molar-refractivity contribution is 8.00. The predicted octanol–water partition coefficient (Wildman–Crippen LogP) is 8.95. The molecule has 4 fully saturated rings. The molecular weight excluding hydrogens is 1050 g/mol. The van der Waals surface area contributed by atoms with E-state index < -0.39 is 60.2 Å². The summed E-state index contributed by atoms with van der Waals surface area (Å²) in [6.45, 7) is 14.7. The fourth-order valence-electron chi connectivity index (χ4n) is 10.3. The number of carbonyl (C=O) groups excluding carboxylic acids is 8. The van der Waals surface area contributed by atoms with Crippen molar-refractivity contribution >= 4 is 71.3 Å². The van der Waals surface area contributed by atoms with Crippen LogP contribution in [0.25, 0.3) is 0 Å². The topological polar surface area (TPSA) is 204 Å². The zero-order valence-electron chi connectivity index (χ0n) is 47.0. The van der Waals surface area contributed by atoms with Crippen molar-refractivity contribution < 1.29 is 57.6 Å². The van der Waals surface area contributed by atoms with Gasteiger partial charge in [0.15, 0.2) is 0 Å². The van der Waals surface area contributed by atoms with E-state index in [4.69, 9.17) is 10.9 Å². The number of nitrogens with zero attached hydrogens (tertiary/aromatic N) is 3. The number of thioether (sulfide) groups is 2. The molecule has 10 atom stereocenters. The van der Waals surface area contributed by atoms with Crippen molar-refractivity contribution in [2.24, 2.45) is 5.92 Å². The summed E-state index contributed by atoms with van der Waals surface area (Å²) in [6.07, 6.45) is 2.50. The van der Waals surface area contributed by atoms with Crippen molar-refractivity contribution in [2.75, 3.05) is 18.6 Å². The Labute approximate surface area is 469 Å². The molecule has 0 bridgehead atoms. The van der Waals surface area contributed by atoms with Crippen LogP contribution < -0.4 is 21.3 Å². The number of rotatable bonds is 10. The third-order valence-corrected chi connectivity index (χ3v) is 17.3. The van der Waals surface area contributed by atoms with E-state index in [1.165, 1.54) is 28.6 Å². The summed E-state index contributed by atoms with van der Waals surface area (Å²) in [4.78, 5) is 105. The first-order valence-corrected chi connectivity index (χ1v) is 29.3. The van der Waals surface area contributed by atoms with Crippen LogP contribution in [0.3, 0.4) is 0 Å². The molecule has 4 aliphatic heterocycles. The van der Waals surface area contributed by atoms with Crippen LogP contribution in [0.1, 0.15) is 169 Å². The number of carbonyl (C=O) groups is 8. The Kier molecular flexibility index (Phi) is 24.2. The van der Waals surface area contributed by atoms with Crippen molar-refractivity contribution in [2.45, 2.75) is 211 Å². The fourth-order valence-corrected chi connectivity index (χ4v) is 13.0. The van der Waals surface area contributed by atoms with Crippen LogP contribution in [0.4, 0.5) is 18.0 Å². The number of hydrogen-bond acceptors (Lipinski definition) is 11. The molecule has 16 nitrogen and oxygen atoms in total. The maximum Gasteiger partial charge on any atom is 0.446 e. The predicted molar refractivity (Wildman–Crippen MR) is 299 cm³/mol. The Morgan fingerprint density at radius 2 is 1.12 bits per heavy atom. The smallest absolute Gasteiger partial charge is 0.444 e. The van der Waals surface area contributed by atoms with E-state index in [1.54, 1.807) is 61.0 Å². The van der Waals surface area contributed by atoms with Crippen LogP contribution in [0, 0.1) is 5.92 Å². The Morgan fingerprint density at radius 1 is 0.705 bits per heavy atom. The van der Waals surface area contributed by atoms with Crippen LogP contribution in [-0.4, -0.2) is 134 Å². The quantitative estimate of drug-likeness (QED) is 0.165. The molecule has 0 aromatic heterocycles. The first kappa shape index (κ1) is 63.5. The Morgan fingerprint density at radius 3 is 1.51 bits per heavy atom. The number of alkyl halides is 3. The minimum absolute atomic E-state index is 0. The molecule has 8 rings (SSSR count). The molecule has 0 saturated carbocycles. The molecule has 0 spiro atoms. The molecular formula is C57H84F3N7O9S2. The average molecular weight is 1130 g/mol. The highest BCUT2D eigenvalue weighted by Gasteiger charge is 2.48. The number of halogens is 3. The Hall–Kier alpha value is -5.31. The number of aldehydes is 1. The van der Waals surface area contributed by atoms with Crippen LogP contribution >= 0.6 is 23.5 Å². The lowest BCUT2D eigenvalue weighted by atomic mass is 9.87. The molecule has 21 heteroatoms. The summed E-state index contributed by atoms with van der Waals surface area (Å²) in [7, 11) is 1.50. The van der Waals surface area contributed by atoms with Crippen molar-refractivity contribution in [3.8, 4) is 0 Å². The van der Waals surface area contributed by atoms with Gasteiger partial charge in [0.1, 0.15) is 37.2 Å². The van der Waals surface area contributed by atoms with Crippen LogP contribution in [0.5, 0.6) is 0 Å². The van der Waals surface area contributed by atoms with Gasteiger partial charge in [0.05, 0.1) is 22.8 Å². The first-order chi connectivity index (χ1) is 36.9. The Balaban J connectivity index is 0.000000296. The van der Waals surface area contributed by atoms with Crippen molar-refractivity contribution in [3.63, 3.8) is 0 Å². The van der Waals surface area contributed by atoms with Gasteiger partial charge >= 0.3 is 12.3 Å². The molecule has 6 aliphatic rings. The number of nitrogens with one attached hydrogen (secondary N) is 4. The standard InChI is InChI=1S/C28H40N4O5S.C24H33N3O3S.C2HF3O.C2H6.CH4/c1-17(31(5)27(36)37-28(2,3)4)24(33)30-21-15-16-38-23-14-13-22(32(23)26(21)35)25(34)29-20-12-8-10-18-9-6-7-11-19(18)20;1-3-15(2)22(28)26-19-13-14-31-21-12-11-20(27(21)24(19)30)23(29)25-18-10-6-8-16-7-4-5-9-17(16)18;3-2(4,5)1-6;1-2;/h6-7,9,11,17,20-23H,8,10,12-16H2,1-5H3,(H,29,34)(H,30,33);4-5,7,9,15,18-21H,3,6,8,10-14H2,1-2H3,(H,25,29)(H,26,28);1H;1-2H3;1H4/t17-,20+,21-,22-,23-;15-,18-,19+,20+,21+;;;/m01.../s1/i;;1D;;. The molecule has 4 heterocycles. The van der Waals surface area contributed by atoms with Gasteiger partial charge in [0, 0.05) is 13.0 Å². The monoisotopic (exact) mass is 1130 g/mol. The number of aryl methyl sites for hydroxylation is 2. The van der Waals surface area contributed by atoms with Crippen LogP contribution in [-0.2, 0) is 51.1 Å². The zero-order chi connectivity index (χ0) is 57.6. The van der Waals surface area contributed by atoms with Crippen molar-refractivity contribution in [1.82, 2.24) is 36.0 Å². The van der Waals surface area contributed by atoms with Crippen molar-refractivity contribution in [3.05, 3.63) is 70.8 Å². The summed E-state index contributed by atoms with van der Waals surface area (Å²) in [6, 6.07) is 13.3. The normalized spacial score (nSPS) is 25.2. The van der Waals surface area contributed by atoms with E-state index in [0.29, 0.717) is 31.4 Å². The average Bonchev–Trinajstić information content (AvgIpc) is 4.03. The van der Waals surface area contributed by atoms with E-state index in [9.17, 15) is 46.7 Å². The van der Waals surface area contributed by atoms with Gasteiger partial charge in [0.25, 0.3) is 0 Å². The summed E-state index contributed by atoms with van der Waals surface area (Å²) >= 11 is 3.39. The minimum Gasteiger partial charge on any atom is -0.444 e. The summed E-state index contributed by atoms with van der Waals surface area (Å²) in [5.74, 6) is 0.336. The number of hydrogen-bond donors (Lipinski definition) is 4. The number of benzene rings is 2. The molecule has 2 aromatic carbocycles. The largest absolute Gasteiger partial charge is 0.446 e. The van der Waals surface area contributed by atoms with Gasteiger partial charge in [-0.25, -0.2) is 4.79 Å². The number of likely N-dealkylation sites (N-methyl/N-ethyl adjacent to an activating group) is 1. The second-order valence-corrected chi connectivity index (χ2v) is 23.6. The molecule has 78 heavy (non-hydrogen) atoms. The third kappa shape index (κ3) is 17.3. The van der Waals surface area contributed by atoms with E-state index in [2.05, 4.69) is 45.5 Å². The van der Waals surface area contributed by atoms with Gasteiger partial charge in [-0.1, -0.05) is 83.7 Å². The van der Waals surface area contributed by atoms with E-state index in [-0.39, 0.29) is 65.7 Å². The van der Waals surface area contributed by atoms with Gasteiger partial charge in [-0.3, -0.25) is 38.5 Å². The summed E-state index contributed by atoms with van der Waals surface area (Å²) in [5.41, 5.74) is 4.25. The molecule has 7 amide bonds. The second-order valence-electron chi connectivity index (χ2n) is 21.0. The molecule has 0 radical (unpaired) electrons. The van der Waals surface area contributed by atoms with E-state index in [1.807, 2.05) is 52.0 Å². The lowest BCUT2D eigenvalue weighted by Crippen LogP contribution is -2.57. The lowest BCUT2D eigenvalue weighted by molar-refractivity contribution is -0.156. The highest BCUT2D eigenvalue weighted by atomic mass is 32.2. The van der Waals surface area contributed by atoms with Gasteiger partial charge in [-0.2, -0.15) is 13.2 Å². The molecule has 434 valence electrons. The SMILES string of the molecule is C.CC.CC[C@@H](C)C(=O)N[C@H]1CCS[C@H]2CC[C@@H](C(=O)N[C@@H]3CCCc4ccccc43)N2C1=O.C[C@@H](C(=O)N[C@H]1CCS[C@H]2CC[C@@H](C(=O)N[C@@H]3CCCc4ccccc43)N2C1=O)N(C)C(=O)OC(C)(C)C.[2H]C(=O)C(F)(F)F. The Bertz CT molecular complexity index is 2450. The molecule has 4 N–H and O–H groups in total. The molecule has 4 saturated heterocycles. The van der Waals surface area contributed by atoms with Gasteiger partial charge in [-0.05, 0) is 145 Å². The molecule has 2 aliphatic carbocycles. The van der Waals surface area contributed by atoms with E-state index in [0.717, 1.165) is 69.1 Å². The summed E-state index contributed by atoms with van der Waals surface area (Å²) in [5, 5.41) is 12.2. The number of fused-ring (bicyclic) bond motifs is 4. The zero-order valence-corrected chi connectivity index (χ0v) is 47.6. The first-order valence-electron chi connectivity index (χ1n) is 27.7. The maximum atomic E-state index is 13.7. The lowest BCUT2D eigenvalue weighted by Gasteiger charge is -2.33. The molecule has 0 unspecified atom stereocenters. The summed E-state index contributed by atoms with van der Waals surface area (Å²) < 4.78 is 42.8. The minimum atomic E-state index is -4.97. The van der Waals surface area contributed by atoms with Crippen molar-refractivity contribution in [1.29, 1.82) is 0 Å².